The molecule has 0 aliphatic heterocycles. The van der Waals surface area contributed by atoms with Crippen molar-refractivity contribution in [3.05, 3.63) is 54.5 Å². The Balaban J connectivity index is 2.18. The minimum absolute atomic E-state index is 0.0198. The number of amides is 2. The Morgan fingerprint density at radius 2 is 1.56 bits per heavy atom. The molecule has 12 heteroatoms. The number of hydrogen-bond donors (Lipinski definition) is 2. The Hall–Kier alpha value is -3.31. The first kappa shape index (κ1) is 27.3. The van der Waals surface area contributed by atoms with E-state index in [1.54, 1.807) is 6.07 Å². The zero-order chi connectivity index (χ0) is 26.6. The summed E-state index contributed by atoms with van der Waals surface area (Å²) in [6.45, 7) is 0.953. The Morgan fingerprint density at radius 3 is 2.08 bits per heavy atom. The third-order valence-corrected chi connectivity index (χ3v) is 6.07. The molecule has 2 aromatic rings. The standard InChI is InChI=1S/C24H25F6N3O3/c1-15(31-16-9-4-2-5-10-16)19(21(35)32-17-11-6-3-7-12-17)22(23(25,26)27,24(28,29)30)33-20(34)18-13-8-14-36-18/h3,6-8,11-14,16,19H,2,4-5,9-10H2,1H3,(H,32,35)(H,33,34). The van der Waals surface area contributed by atoms with Crippen LogP contribution in [0.4, 0.5) is 32.0 Å². The Kier molecular flexibility index (Phi) is 8.15. The topological polar surface area (TPSA) is 83.7 Å². The quantitative estimate of drug-likeness (QED) is 0.353. The van der Waals surface area contributed by atoms with Gasteiger partial charge >= 0.3 is 12.4 Å². The molecule has 1 aromatic heterocycles. The molecular weight excluding hydrogens is 492 g/mol. The molecule has 1 fully saturated rings. The smallest absolute Gasteiger partial charge is 0.421 e. The molecule has 0 saturated heterocycles. The van der Waals surface area contributed by atoms with Crippen molar-refractivity contribution < 1.29 is 40.3 Å². The van der Waals surface area contributed by atoms with E-state index in [2.05, 4.69) is 10.3 Å². The maximum atomic E-state index is 14.6. The summed E-state index contributed by atoms with van der Waals surface area (Å²) in [7, 11) is 0. The van der Waals surface area contributed by atoms with Gasteiger partial charge in [-0.25, -0.2) is 0 Å². The molecule has 36 heavy (non-hydrogen) atoms. The Morgan fingerprint density at radius 1 is 0.944 bits per heavy atom. The molecule has 196 valence electrons. The van der Waals surface area contributed by atoms with Crippen molar-refractivity contribution in [2.45, 2.75) is 63.0 Å². The van der Waals surface area contributed by atoms with Gasteiger partial charge < -0.3 is 15.1 Å². The first-order valence-corrected chi connectivity index (χ1v) is 11.3. The lowest BCUT2D eigenvalue weighted by atomic mass is 9.77. The van der Waals surface area contributed by atoms with Crippen LogP contribution in [0.2, 0.25) is 0 Å². The number of halogens is 6. The molecule has 1 heterocycles. The van der Waals surface area contributed by atoms with Crippen LogP contribution >= 0.6 is 0 Å². The van der Waals surface area contributed by atoms with Gasteiger partial charge in [-0.15, -0.1) is 0 Å². The molecular formula is C24H25F6N3O3. The number of nitrogens with zero attached hydrogens (tertiary/aromatic N) is 1. The average molecular weight is 517 g/mol. The first-order chi connectivity index (χ1) is 16.9. The highest BCUT2D eigenvalue weighted by molar-refractivity contribution is 6.10. The lowest BCUT2D eigenvalue weighted by molar-refractivity contribution is -0.310. The number of carbonyl (C=O) groups excluding carboxylic acids is 2. The normalized spacial score (nSPS) is 16.9. The third kappa shape index (κ3) is 5.73. The summed E-state index contributed by atoms with van der Waals surface area (Å²) < 4.78 is 92.1. The number of benzene rings is 1. The van der Waals surface area contributed by atoms with Gasteiger partial charge in [-0.2, -0.15) is 26.3 Å². The van der Waals surface area contributed by atoms with E-state index in [1.807, 2.05) is 0 Å². The summed E-state index contributed by atoms with van der Waals surface area (Å²) >= 11 is 0. The number of hydrogen-bond acceptors (Lipinski definition) is 4. The van der Waals surface area contributed by atoms with Crippen molar-refractivity contribution in [1.29, 1.82) is 0 Å². The minimum atomic E-state index is -6.14. The summed E-state index contributed by atoms with van der Waals surface area (Å²) in [6, 6.07) is 8.59. The zero-order valence-corrected chi connectivity index (χ0v) is 19.2. The fourth-order valence-corrected chi connectivity index (χ4v) is 4.36. The maximum absolute atomic E-state index is 14.6. The van der Waals surface area contributed by atoms with Crippen LogP contribution in [0.3, 0.4) is 0 Å². The predicted molar refractivity (Wildman–Crippen MR) is 120 cm³/mol. The van der Waals surface area contributed by atoms with Crippen molar-refractivity contribution in [3.8, 4) is 0 Å². The molecule has 1 unspecified atom stereocenters. The van der Waals surface area contributed by atoms with Gasteiger partial charge in [-0.05, 0) is 44.0 Å². The number of carbonyl (C=O) groups is 2. The first-order valence-electron chi connectivity index (χ1n) is 11.3. The van der Waals surface area contributed by atoms with E-state index in [9.17, 15) is 35.9 Å². The van der Waals surface area contributed by atoms with Gasteiger partial charge in [0.2, 0.25) is 11.4 Å². The number of para-hydroxylation sites is 1. The third-order valence-electron chi connectivity index (χ3n) is 6.07. The van der Waals surface area contributed by atoms with Crippen LogP contribution in [0.1, 0.15) is 49.6 Å². The lowest BCUT2D eigenvalue weighted by Crippen LogP contribution is -2.74. The fraction of sp³-hybridized carbons (Fsp3) is 0.458. The molecule has 1 aliphatic carbocycles. The number of nitrogens with one attached hydrogen (secondary N) is 2. The van der Waals surface area contributed by atoms with Crippen molar-refractivity contribution in [2.24, 2.45) is 10.9 Å². The van der Waals surface area contributed by atoms with E-state index in [0.29, 0.717) is 25.7 Å². The van der Waals surface area contributed by atoms with E-state index >= 15 is 0 Å². The molecule has 3 rings (SSSR count). The van der Waals surface area contributed by atoms with Gasteiger partial charge in [-0.1, -0.05) is 37.5 Å². The highest BCUT2D eigenvalue weighted by Crippen LogP contribution is 2.49. The molecule has 2 N–H and O–H groups in total. The molecule has 6 nitrogen and oxygen atoms in total. The lowest BCUT2D eigenvalue weighted by Gasteiger charge is -2.42. The van der Waals surface area contributed by atoms with Crippen LogP contribution in [-0.4, -0.2) is 41.5 Å². The number of anilines is 1. The maximum Gasteiger partial charge on any atom is 0.421 e. The molecule has 0 spiro atoms. The monoisotopic (exact) mass is 517 g/mol. The molecule has 1 atom stereocenters. The average Bonchev–Trinajstić information content (AvgIpc) is 3.33. The second-order valence-electron chi connectivity index (χ2n) is 8.59. The van der Waals surface area contributed by atoms with E-state index in [0.717, 1.165) is 37.1 Å². The summed E-state index contributed by atoms with van der Waals surface area (Å²) in [5, 5.41) is 3.20. The van der Waals surface area contributed by atoms with E-state index in [4.69, 9.17) is 4.42 Å². The summed E-state index contributed by atoms with van der Waals surface area (Å²) in [6.07, 6.45) is -8.14. The molecule has 2 amide bonds. The van der Waals surface area contributed by atoms with E-state index in [1.165, 1.54) is 24.3 Å². The van der Waals surface area contributed by atoms with Gasteiger partial charge in [-0.3, -0.25) is 14.6 Å². The molecule has 1 aromatic carbocycles. The van der Waals surface area contributed by atoms with Crippen LogP contribution in [0.25, 0.3) is 0 Å². The van der Waals surface area contributed by atoms with Gasteiger partial charge in [0.15, 0.2) is 5.76 Å². The second kappa shape index (κ2) is 10.8. The summed E-state index contributed by atoms with van der Waals surface area (Å²) in [5.41, 5.74) is -5.70. The fourth-order valence-electron chi connectivity index (χ4n) is 4.36. The van der Waals surface area contributed by atoms with Crippen LogP contribution in [0.15, 0.2) is 58.1 Å². The van der Waals surface area contributed by atoms with E-state index in [-0.39, 0.29) is 5.69 Å². The molecule has 0 radical (unpaired) electrons. The molecule has 0 bridgehead atoms. The van der Waals surface area contributed by atoms with Gasteiger partial charge in [0, 0.05) is 17.4 Å². The molecule has 1 aliphatic rings. The van der Waals surface area contributed by atoms with Crippen molar-refractivity contribution in [2.75, 3.05) is 5.32 Å². The second-order valence-corrected chi connectivity index (χ2v) is 8.59. The Labute approximate surface area is 203 Å². The van der Waals surface area contributed by atoms with Crippen LogP contribution in [0, 0.1) is 5.92 Å². The van der Waals surface area contributed by atoms with Gasteiger partial charge in [0.25, 0.3) is 5.91 Å². The summed E-state index contributed by atoms with van der Waals surface area (Å²) in [4.78, 5) is 29.9. The largest absolute Gasteiger partial charge is 0.459 e. The SMILES string of the molecule is CC(=NC1CCCCC1)C(C(=O)Nc1ccccc1)C(NC(=O)c1ccco1)(C(F)(F)F)C(F)(F)F. The van der Waals surface area contributed by atoms with Crippen molar-refractivity contribution >= 4 is 23.2 Å². The van der Waals surface area contributed by atoms with Crippen LogP contribution in [-0.2, 0) is 4.79 Å². The van der Waals surface area contributed by atoms with Gasteiger partial charge in [0.05, 0.1) is 6.26 Å². The van der Waals surface area contributed by atoms with Gasteiger partial charge in [0.1, 0.15) is 5.92 Å². The van der Waals surface area contributed by atoms with Crippen LogP contribution < -0.4 is 10.6 Å². The Bertz CT molecular complexity index is 1050. The number of alkyl halides is 6. The number of rotatable bonds is 7. The van der Waals surface area contributed by atoms with Crippen LogP contribution in [0.5, 0.6) is 0 Å². The summed E-state index contributed by atoms with van der Waals surface area (Å²) in [5.74, 6) is -7.14. The number of aliphatic imine (C=N–C) groups is 1. The number of furan rings is 1. The van der Waals surface area contributed by atoms with E-state index < -0.39 is 53.1 Å². The van der Waals surface area contributed by atoms with Crippen molar-refractivity contribution in [1.82, 2.24) is 5.32 Å². The zero-order valence-electron chi connectivity index (χ0n) is 19.2. The molecule has 1 saturated carbocycles. The van der Waals surface area contributed by atoms with Crippen molar-refractivity contribution in [3.63, 3.8) is 0 Å². The predicted octanol–water partition coefficient (Wildman–Crippen LogP) is 5.92. The highest BCUT2D eigenvalue weighted by Gasteiger charge is 2.77. The highest BCUT2D eigenvalue weighted by atomic mass is 19.4. The minimum Gasteiger partial charge on any atom is -0.459 e.